The van der Waals surface area contributed by atoms with E-state index in [0.717, 1.165) is 28.1 Å². The van der Waals surface area contributed by atoms with Gasteiger partial charge in [0, 0.05) is 34.6 Å². The van der Waals surface area contributed by atoms with Crippen LogP contribution >= 0.6 is 11.8 Å². The van der Waals surface area contributed by atoms with E-state index < -0.39 is 27.7 Å². The summed E-state index contributed by atoms with van der Waals surface area (Å²) in [5.74, 6) is -3.12. The highest BCUT2D eigenvalue weighted by Gasteiger charge is 2.32. The molecule has 0 unspecified atom stereocenters. The smallest absolute Gasteiger partial charge is 0.335 e. The SMILES string of the molecule is O=C(O)c1ccc2c(c1)NC(=O)c1ccncc1S2.O=C(O)c1ccc2c(c1)NC(=O)c1ccncc1S2(=O)=O. The topological polar surface area (TPSA) is 193 Å². The van der Waals surface area contributed by atoms with Crippen LogP contribution in [0.5, 0.6) is 0 Å². The molecule has 2 aromatic heterocycles. The Bertz CT molecular complexity index is 1860. The second-order valence-corrected chi connectivity index (χ2v) is 11.3. The van der Waals surface area contributed by atoms with Gasteiger partial charge in [0.15, 0.2) is 0 Å². The Kier molecular flexibility index (Phi) is 6.79. The summed E-state index contributed by atoms with van der Waals surface area (Å²) in [7, 11) is -3.95. The van der Waals surface area contributed by atoms with Gasteiger partial charge in [-0.15, -0.1) is 0 Å². The average Bonchev–Trinajstić information content (AvgIpc) is 3.13. The zero-order valence-electron chi connectivity index (χ0n) is 20.0. The van der Waals surface area contributed by atoms with Gasteiger partial charge in [0.2, 0.25) is 9.84 Å². The minimum absolute atomic E-state index is 0.0296. The van der Waals surface area contributed by atoms with Gasteiger partial charge in [0.25, 0.3) is 11.8 Å². The molecule has 0 saturated heterocycles. The average molecular weight is 577 g/mol. The van der Waals surface area contributed by atoms with E-state index in [4.69, 9.17) is 10.2 Å². The van der Waals surface area contributed by atoms with Crippen molar-refractivity contribution in [3.8, 4) is 0 Å². The number of fused-ring (bicyclic) bond motifs is 4. The number of pyridine rings is 2. The molecule has 0 saturated carbocycles. The predicted octanol–water partition coefficient (Wildman–Crippen LogP) is 3.68. The molecular formula is C26H16N4O8S2. The number of anilines is 2. The summed E-state index contributed by atoms with van der Waals surface area (Å²) in [4.78, 5) is 55.0. The summed E-state index contributed by atoms with van der Waals surface area (Å²) in [5.41, 5.74) is 0.977. The fourth-order valence-electron chi connectivity index (χ4n) is 3.89. The number of carbonyl (C=O) groups excluding carboxylic acids is 2. The third-order valence-corrected chi connectivity index (χ3v) is 8.77. The molecule has 14 heteroatoms. The molecule has 0 bridgehead atoms. The molecule has 2 amide bonds. The number of nitrogens with one attached hydrogen (secondary N) is 2. The first-order valence-electron chi connectivity index (χ1n) is 11.2. The van der Waals surface area contributed by atoms with Gasteiger partial charge in [-0.05, 0) is 48.5 Å². The van der Waals surface area contributed by atoms with Gasteiger partial charge in [-0.25, -0.2) is 18.0 Å². The van der Waals surface area contributed by atoms with E-state index in [1.54, 1.807) is 24.5 Å². The molecule has 0 spiro atoms. The Labute approximate surface area is 230 Å². The number of carbonyl (C=O) groups is 4. The Balaban J connectivity index is 0.000000162. The highest BCUT2D eigenvalue weighted by atomic mass is 32.2. The van der Waals surface area contributed by atoms with Crippen molar-refractivity contribution in [3.63, 3.8) is 0 Å². The van der Waals surface area contributed by atoms with Crippen LogP contribution in [0.4, 0.5) is 11.4 Å². The van der Waals surface area contributed by atoms with E-state index in [1.165, 1.54) is 42.2 Å². The van der Waals surface area contributed by atoms with Gasteiger partial charge in [0.1, 0.15) is 4.90 Å². The molecule has 6 rings (SSSR count). The van der Waals surface area contributed by atoms with Crippen molar-refractivity contribution in [1.29, 1.82) is 0 Å². The molecule has 0 fully saturated rings. The van der Waals surface area contributed by atoms with E-state index in [-0.39, 0.29) is 38.1 Å². The highest BCUT2D eigenvalue weighted by molar-refractivity contribution is 7.99. The summed E-state index contributed by atoms with van der Waals surface area (Å²) in [6, 6.07) is 11.1. The fraction of sp³-hybridized carbons (Fsp3) is 0. The van der Waals surface area contributed by atoms with Crippen molar-refractivity contribution >= 4 is 56.7 Å². The van der Waals surface area contributed by atoms with Crippen LogP contribution < -0.4 is 10.6 Å². The molecule has 200 valence electrons. The van der Waals surface area contributed by atoms with Crippen LogP contribution in [-0.2, 0) is 9.84 Å². The highest BCUT2D eigenvalue weighted by Crippen LogP contribution is 2.38. The molecule has 4 heterocycles. The molecule has 0 aliphatic carbocycles. The first-order chi connectivity index (χ1) is 19.1. The maximum Gasteiger partial charge on any atom is 0.335 e. The standard InChI is InChI=1S/C13H8N2O5S.C13H8N2O3S/c16-12-8-3-4-14-6-11(8)21(19,20)10-2-1-7(13(17)18)5-9(10)15-12;16-12-8-3-4-14-6-11(8)19-10-2-1-7(13(17)18)5-9(10)15-12/h1-6H,(H,15,16)(H,17,18);1-6H,(H,15,16)(H,17,18). The maximum absolute atomic E-state index is 12.6. The van der Waals surface area contributed by atoms with Crippen LogP contribution in [0.1, 0.15) is 41.4 Å². The number of hydrogen-bond donors (Lipinski definition) is 4. The largest absolute Gasteiger partial charge is 0.478 e. The summed E-state index contributed by atoms with van der Waals surface area (Å²) < 4.78 is 25.1. The van der Waals surface area contributed by atoms with E-state index in [2.05, 4.69) is 20.6 Å². The van der Waals surface area contributed by atoms with Gasteiger partial charge in [-0.2, -0.15) is 0 Å². The summed E-state index contributed by atoms with van der Waals surface area (Å²) in [6.45, 7) is 0. The molecule has 4 N–H and O–H groups in total. The zero-order valence-corrected chi connectivity index (χ0v) is 21.6. The van der Waals surface area contributed by atoms with Gasteiger partial charge >= 0.3 is 11.9 Å². The fourth-order valence-corrected chi connectivity index (χ4v) is 6.40. The van der Waals surface area contributed by atoms with Crippen LogP contribution in [0.25, 0.3) is 0 Å². The lowest BCUT2D eigenvalue weighted by Gasteiger charge is -2.07. The first kappa shape index (κ1) is 26.5. The Morgan fingerprint density at radius 1 is 0.700 bits per heavy atom. The molecule has 2 aliphatic heterocycles. The number of aromatic nitrogens is 2. The Hall–Kier alpha value is -5.08. The number of carboxylic acids is 2. The summed E-state index contributed by atoms with van der Waals surface area (Å²) in [5, 5.41) is 23.1. The minimum atomic E-state index is -3.95. The number of nitrogens with zero attached hydrogens (tertiary/aromatic N) is 2. The van der Waals surface area contributed by atoms with Crippen molar-refractivity contribution < 1.29 is 37.8 Å². The second-order valence-electron chi connectivity index (χ2n) is 8.29. The first-order valence-corrected chi connectivity index (χ1v) is 13.5. The molecule has 4 aromatic rings. The quantitative estimate of drug-likeness (QED) is 0.272. The van der Waals surface area contributed by atoms with Crippen molar-refractivity contribution in [1.82, 2.24) is 9.97 Å². The minimum Gasteiger partial charge on any atom is -0.478 e. The lowest BCUT2D eigenvalue weighted by atomic mass is 10.2. The molecule has 0 radical (unpaired) electrons. The molecule has 0 atom stereocenters. The zero-order chi connectivity index (χ0) is 28.6. The third-order valence-electron chi connectivity index (χ3n) is 5.81. The molecular weight excluding hydrogens is 560 g/mol. The van der Waals surface area contributed by atoms with E-state index in [0.29, 0.717) is 11.3 Å². The van der Waals surface area contributed by atoms with E-state index in [1.807, 2.05) is 0 Å². The van der Waals surface area contributed by atoms with Crippen molar-refractivity contribution in [3.05, 3.63) is 95.6 Å². The number of benzene rings is 2. The summed E-state index contributed by atoms with van der Waals surface area (Å²) >= 11 is 1.39. The van der Waals surface area contributed by atoms with Gasteiger partial charge in [-0.3, -0.25) is 19.6 Å². The third kappa shape index (κ3) is 4.88. The van der Waals surface area contributed by atoms with Gasteiger partial charge in [0.05, 0.1) is 38.5 Å². The molecule has 2 aliphatic rings. The second kappa shape index (κ2) is 10.2. The van der Waals surface area contributed by atoms with Gasteiger partial charge in [-0.1, -0.05) is 11.8 Å². The Morgan fingerprint density at radius 3 is 1.98 bits per heavy atom. The monoisotopic (exact) mass is 576 g/mol. The van der Waals surface area contributed by atoms with E-state index in [9.17, 15) is 27.6 Å². The Morgan fingerprint density at radius 2 is 1.27 bits per heavy atom. The number of rotatable bonds is 2. The van der Waals surface area contributed by atoms with Crippen molar-refractivity contribution in [2.45, 2.75) is 19.6 Å². The predicted molar refractivity (Wildman–Crippen MR) is 141 cm³/mol. The van der Waals surface area contributed by atoms with Crippen LogP contribution in [-0.4, -0.2) is 52.4 Å². The lowest BCUT2D eigenvalue weighted by Crippen LogP contribution is -2.12. The van der Waals surface area contributed by atoms with Crippen LogP contribution in [0.3, 0.4) is 0 Å². The summed E-state index contributed by atoms with van der Waals surface area (Å²) in [6.07, 6.45) is 5.59. The van der Waals surface area contributed by atoms with Crippen molar-refractivity contribution in [2.75, 3.05) is 10.6 Å². The lowest BCUT2D eigenvalue weighted by molar-refractivity contribution is 0.0686. The molecule has 40 heavy (non-hydrogen) atoms. The number of sulfone groups is 1. The van der Waals surface area contributed by atoms with Crippen molar-refractivity contribution in [2.24, 2.45) is 0 Å². The van der Waals surface area contributed by atoms with Gasteiger partial charge < -0.3 is 20.8 Å². The molecule has 2 aromatic carbocycles. The number of amides is 2. The number of aromatic carboxylic acids is 2. The van der Waals surface area contributed by atoms with E-state index >= 15 is 0 Å². The number of carboxylic acid groups (broad SMARTS) is 2. The van der Waals surface area contributed by atoms with Crippen LogP contribution in [0.2, 0.25) is 0 Å². The molecule has 12 nitrogen and oxygen atoms in total. The normalized spacial score (nSPS) is 14.2. The number of hydrogen-bond acceptors (Lipinski definition) is 9. The van der Waals surface area contributed by atoms with Crippen LogP contribution in [0.15, 0.2) is 92.9 Å². The van der Waals surface area contributed by atoms with Crippen LogP contribution in [0, 0.1) is 0 Å². The maximum atomic E-state index is 12.6.